The van der Waals surface area contributed by atoms with Crippen molar-refractivity contribution in [1.29, 1.82) is 0 Å². The third kappa shape index (κ3) is 2.59. The van der Waals surface area contributed by atoms with Crippen LogP contribution in [-0.4, -0.2) is 31.7 Å². The van der Waals surface area contributed by atoms with Gasteiger partial charge in [-0.3, -0.25) is 0 Å². The molecule has 1 fully saturated rings. The molecule has 16 heavy (non-hydrogen) atoms. The van der Waals surface area contributed by atoms with E-state index in [1.807, 2.05) is 6.92 Å². The normalized spacial score (nSPS) is 21.2. The molecule has 88 valence electrons. The molecule has 1 unspecified atom stereocenters. The van der Waals surface area contributed by atoms with Gasteiger partial charge in [0, 0.05) is 12.2 Å². The molecule has 1 aromatic rings. The first-order valence-corrected chi connectivity index (χ1v) is 7.12. The summed E-state index contributed by atoms with van der Waals surface area (Å²) in [5.41, 5.74) is 0.970. The quantitative estimate of drug-likeness (QED) is 0.853. The van der Waals surface area contributed by atoms with Crippen molar-refractivity contribution >= 4 is 9.84 Å². The number of hydrogen-bond donors (Lipinski definition) is 1. The summed E-state index contributed by atoms with van der Waals surface area (Å²) in [4.78, 5) is 3.98. The van der Waals surface area contributed by atoms with E-state index in [2.05, 4.69) is 10.3 Å². The Morgan fingerprint density at radius 2 is 2.31 bits per heavy atom. The van der Waals surface area contributed by atoms with Gasteiger partial charge in [-0.1, -0.05) is 6.07 Å². The predicted molar refractivity (Wildman–Crippen MR) is 62.1 cm³/mol. The van der Waals surface area contributed by atoms with E-state index in [0.717, 1.165) is 24.9 Å². The zero-order valence-corrected chi connectivity index (χ0v) is 10.1. The second-order valence-corrected chi connectivity index (χ2v) is 6.23. The lowest BCUT2D eigenvalue weighted by atomic mass is 10.3. The van der Waals surface area contributed by atoms with E-state index < -0.39 is 9.84 Å². The Bertz CT molecular complexity index is 447. The fraction of sp³-hybridized carbons (Fsp3) is 0.545. The minimum atomic E-state index is -3.23. The average Bonchev–Trinajstić information content (AvgIpc) is 2.70. The van der Waals surface area contributed by atoms with Crippen molar-refractivity contribution in [3.05, 3.63) is 23.9 Å². The van der Waals surface area contributed by atoms with Gasteiger partial charge in [-0.15, -0.1) is 0 Å². The summed E-state index contributed by atoms with van der Waals surface area (Å²) < 4.78 is 24.0. The second-order valence-electron chi connectivity index (χ2n) is 4.25. The molecule has 1 aliphatic rings. The van der Waals surface area contributed by atoms with Crippen molar-refractivity contribution in [2.75, 3.05) is 12.3 Å². The van der Waals surface area contributed by atoms with Gasteiger partial charge in [0.25, 0.3) is 0 Å². The molecule has 0 saturated carbocycles. The van der Waals surface area contributed by atoms with Crippen LogP contribution in [0.2, 0.25) is 0 Å². The first-order chi connectivity index (χ1) is 7.58. The average molecular weight is 240 g/mol. The minimum Gasteiger partial charge on any atom is -0.313 e. The number of hydrogen-bond acceptors (Lipinski definition) is 4. The molecule has 1 aromatic heterocycles. The molecule has 0 radical (unpaired) electrons. The van der Waals surface area contributed by atoms with Crippen molar-refractivity contribution in [3.8, 4) is 0 Å². The van der Waals surface area contributed by atoms with Gasteiger partial charge < -0.3 is 5.32 Å². The van der Waals surface area contributed by atoms with Crippen LogP contribution in [0.5, 0.6) is 0 Å². The van der Waals surface area contributed by atoms with Crippen molar-refractivity contribution in [1.82, 2.24) is 10.3 Å². The largest absolute Gasteiger partial charge is 0.313 e. The van der Waals surface area contributed by atoms with E-state index in [-0.39, 0.29) is 16.8 Å². The van der Waals surface area contributed by atoms with Crippen LogP contribution in [0.3, 0.4) is 0 Å². The highest BCUT2D eigenvalue weighted by atomic mass is 32.2. The maximum atomic E-state index is 12.0. The number of aryl methyl sites for hydroxylation is 1. The highest BCUT2D eigenvalue weighted by molar-refractivity contribution is 7.91. The third-order valence-electron chi connectivity index (χ3n) is 2.79. The van der Waals surface area contributed by atoms with Gasteiger partial charge in [0.15, 0.2) is 14.9 Å². The number of nitrogens with zero attached hydrogens (tertiary/aromatic N) is 1. The zero-order valence-electron chi connectivity index (χ0n) is 9.31. The SMILES string of the molecule is Cc1ccc(S(=O)(=O)CC2CCCN2)nc1. The molecule has 1 atom stereocenters. The lowest BCUT2D eigenvalue weighted by molar-refractivity contribution is 0.573. The molecular formula is C11H16N2O2S. The maximum absolute atomic E-state index is 12.0. The van der Waals surface area contributed by atoms with Crippen LogP contribution in [0.25, 0.3) is 0 Å². The van der Waals surface area contributed by atoms with Gasteiger partial charge in [-0.2, -0.15) is 0 Å². The van der Waals surface area contributed by atoms with Crippen LogP contribution < -0.4 is 5.32 Å². The van der Waals surface area contributed by atoms with E-state index in [0.29, 0.717) is 0 Å². The lowest BCUT2D eigenvalue weighted by Crippen LogP contribution is -2.30. The third-order valence-corrected chi connectivity index (χ3v) is 4.51. The zero-order chi connectivity index (χ0) is 11.6. The molecule has 1 saturated heterocycles. The van der Waals surface area contributed by atoms with Crippen LogP contribution in [0.15, 0.2) is 23.4 Å². The maximum Gasteiger partial charge on any atom is 0.197 e. The van der Waals surface area contributed by atoms with Crippen LogP contribution in [0, 0.1) is 6.92 Å². The monoisotopic (exact) mass is 240 g/mol. The summed E-state index contributed by atoms with van der Waals surface area (Å²) in [5, 5.41) is 3.37. The summed E-state index contributed by atoms with van der Waals surface area (Å²) >= 11 is 0. The number of pyridine rings is 1. The smallest absolute Gasteiger partial charge is 0.197 e. The molecule has 0 amide bonds. The Balaban J connectivity index is 2.14. The standard InChI is InChI=1S/C11H16N2O2S/c1-9-4-5-11(13-7-9)16(14,15)8-10-3-2-6-12-10/h4-5,7,10,12H,2-3,6,8H2,1H3. The number of rotatable bonds is 3. The number of nitrogens with one attached hydrogen (secondary N) is 1. The molecule has 2 rings (SSSR count). The van der Waals surface area contributed by atoms with Gasteiger partial charge in [-0.25, -0.2) is 13.4 Å². The summed E-state index contributed by atoms with van der Waals surface area (Å²) in [6, 6.07) is 3.45. The van der Waals surface area contributed by atoms with Crippen molar-refractivity contribution in [3.63, 3.8) is 0 Å². The summed E-state index contributed by atoms with van der Waals surface area (Å²) in [6.45, 7) is 2.81. The van der Waals surface area contributed by atoms with Gasteiger partial charge >= 0.3 is 0 Å². The summed E-state index contributed by atoms with van der Waals surface area (Å²) in [7, 11) is -3.23. The van der Waals surface area contributed by atoms with Crippen LogP contribution in [0.1, 0.15) is 18.4 Å². The fourth-order valence-electron chi connectivity index (χ4n) is 1.89. The van der Waals surface area contributed by atoms with Crippen molar-refractivity contribution in [2.45, 2.75) is 30.8 Å². The Labute approximate surface area is 96.0 Å². The first kappa shape index (κ1) is 11.5. The van der Waals surface area contributed by atoms with Gasteiger partial charge in [0.2, 0.25) is 0 Å². The molecule has 0 bridgehead atoms. The highest BCUT2D eigenvalue weighted by Crippen LogP contribution is 2.14. The summed E-state index contributed by atoms with van der Waals surface area (Å²) in [6.07, 6.45) is 3.58. The van der Waals surface area contributed by atoms with E-state index in [9.17, 15) is 8.42 Å². The van der Waals surface area contributed by atoms with Gasteiger partial charge in [-0.05, 0) is 37.9 Å². The van der Waals surface area contributed by atoms with E-state index in [1.165, 1.54) is 0 Å². The van der Waals surface area contributed by atoms with Crippen LogP contribution in [-0.2, 0) is 9.84 Å². The van der Waals surface area contributed by atoms with Crippen molar-refractivity contribution < 1.29 is 8.42 Å². The minimum absolute atomic E-state index is 0.0908. The molecular weight excluding hydrogens is 224 g/mol. The lowest BCUT2D eigenvalue weighted by Gasteiger charge is -2.10. The van der Waals surface area contributed by atoms with Crippen LogP contribution in [0.4, 0.5) is 0 Å². The molecule has 1 N–H and O–H groups in total. The Hall–Kier alpha value is -0.940. The van der Waals surface area contributed by atoms with E-state index >= 15 is 0 Å². The molecule has 0 aliphatic carbocycles. The predicted octanol–water partition coefficient (Wildman–Crippen LogP) is 0.916. The highest BCUT2D eigenvalue weighted by Gasteiger charge is 2.24. The van der Waals surface area contributed by atoms with Gasteiger partial charge in [0.05, 0.1) is 5.75 Å². The Morgan fingerprint density at radius 1 is 1.50 bits per heavy atom. The molecule has 1 aliphatic heterocycles. The first-order valence-electron chi connectivity index (χ1n) is 5.47. The fourth-order valence-corrected chi connectivity index (χ4v) is 3.36. The molecule has 4 nitrogen and oxygen atoms in total. The molecule has 0 aromatic carbocycles. The molecule has 5 heteroatoms. The number of aromatic nitrogens is 1. The van der Waals surface area contributed by atoms with Crippen molar-refractivity contribution in [2.24, 2.45) is 0 Å². The Kier molecular flexibility index (Phi) is 3.25. The van der Waals surface area contributed by atoms with E-state index in [4.69, 9.17) is 0 Å². The molecule has 2 heterocycles. The Morgan fingerprint density at radius 3 is 2.88 bits per heavy atom. The number of sulfone groups is 1. The summed E-state index contributed by atoms with van der Waals surface area (Å²) in [5.74, 6) is 0.156. The topological polar surface area (TPSA) is 59.1 Å². The van der Waals surface area contributed by atoms with Crippen LogP contribution >= 0.6 is 0 Å². The van der Waals surface area contributed by atoms with E-state index in [1.54, 1.807) is 18.3 Å². The second kappa shape index (κ2) is 4.51. The van der Waals surface area contributed by atoms with Gasteiger partial charge in [0.1, 0.15) is 0 Å². The molecule has 0 spiro atoms.